The average Bonchev–Trinajstić information content (AvgIpc) is 3.04. The van der Waals surface area contributed by atoms with Crippen LogP contribution in [0.5, 0.6) is 0 Å². The Kier molecular flexibility index (Phi) is 6.05. The van der Waals surface area contributed by atoms with Gasteiger partial charge in [0.25, 0.3) is 5.56 Å². The van der Waals surface area contributed by atoms with Crippen molar-refractivity contribution in [2.45, 2.75) is 50.8 Å². The highest BCUT2D eigenvalue weighted by Gasteiger charge is 2.13. The van der Waals surface area contributed by atoms with E-state index in [-0.39, 0.29) is 11.7 Å². The molecule has 0 amide bonds. The first-order valence-corrected chi connectivity index (χ1v) is 9.56. The molecule has 138 valence electrons. The highest BCUT2D eigenvalue weighted by Crippen LogP contribution is 2.21. The molecule has 0 bridgehead atoms. The van der Waals surface area contributed by atoms with Crippen LogP contribution in [0, 0.1) is 6.92 Å². The van der Waals surface area contributed by atoms with E-state index in [0.29, 0.717) is 46.7 Å². The lowest BCUT2D eigenvalue weighted by Crippen LogP contribution is -2.24. The van der Waals surface area contributed by atoms with Gasteiger partial charge in [0.15, 0.2) is 11.0 Å². The van der Waals surface area contributed by atoms with Crippen LogP contribution in [-0.2, 0) is 17.0 Å². The quantitative estimate of drug-likeness (QED) is 0.340. The van der Waals surface area contributed by atoms with Gasteiger partial charge in [-0.2, -0.15) is 4.98 Å². The predicted octanol–water partition coefficient (Wildman–Crippen LogP) is 3.20. The van der Waals surface area contributed by atoms with E-state index in [1.165, 1.54) is 11.8 Å². The standard InChI is InChI=1S/C18H22N4O3S/c1-12(2)24-10-6-9-22-17(23)14-7-4-5-8-15(14)20-18(22)26-11-16-19-13(3)25-21-16/h4-5,7-8,12H,6,9-11H2,1-3H3. The number of hydrogen-bond donors (Lipinski definition) is 0. The molecule has 2 aromatic heterocycles. The number of nitrogens with zero attached hydrogens (tertiary/aromatic N) is 4. The number of aryl methyl sites for hydroxylation is 1. The molecule has 3 rings (SSSR count). The Hall–Kier alpha value is -2.19. The summed E-state index contributed by atoms with van der Waals surface area (Å²) in [4.78, 5) is 21.8. The lowest BCUT2D eigenvalue weighted by molar-refractivity contribution is 0.0743. The average molecular weight is 374 g/mol. The summed E-state index contributed by atoms with van der Waals surface area (Å²) in [5, 5.41) is 5.17. The van der Waals surface area contributed by atoms with E-state index in [4.69, 9.17) is 9.26 Å². The largest absolute Gasteiger partial charge is 0.379 e. The zero-order valence-electron chi connectivity index (χ0n) is 15.1. The van der Waals surface area contributed by atoms with Gasteiger partial charge in [0.1, 0.15) is 0 Å². The maximum absolute atomic E-state index is 12.9. The number of rotatable bonds is 8. The Bertz CT molecular complexity index is 936. The van der Waals surface area contributed by atoms with Gasteiger partial charge in [-0.05, 0) is 32.4 Å². The van der Waals surface area contributed by atoms with Crippen molar-refractivity contribution < 1.29 is 9.26 Å². The van der Waals surface area contributed by atoms with E-state index in [2.05, 4.69) is 15.1 Å². The molecule has 26 heavy (non-hydrogen) atoms. The van der Waals surface area contributed by atoms with E-state index >= 15 is 0 Å². The van der Waals surface area contributed by atoms with Crippen LogP contribution in [0.1, 0.15) is 32.0 Å². The smallest absolute Gasteiger partial charge is 0.262 e. The number of aromatic nitrogens is 4. The van der Waals surface area contributed by atoms with E-state index in [1.807, 2.05) is 38.1 Å². The number of para-hydroxylation sites is 1. The first kappa shape index (κ1) is 18.6. The minimum Gasteiger partial charge on any atom is -0.379 e. The van der Waals surface area contributed by atoms with Crippen LogP contribution in [0.2, 0.25) is 0 Å². The minimum absolute atomic E-state index is 0.0352. The van der Waals surface area contributed by atoms with Gasteiger partial charge >= 0.3 is 0 Å². The normalized spacial score (nSPS) is 11.5. The molecule has 0 saturated heterocycles. The van der Waals surface area contributed by atoms with Crippen LogP contribution < -0.4 is 5.56 Å². The number of hydrogen-bond acceptors (Lipinski definition) is 7. The topological polar surface area (TPSA) is 83.0 Å². The van der Waals surface area contributed by atoms with Crippen molar-refractivity contribution >= 4 is 22.7 Å². The Labute approximate surface area is 155 Å². The van der Waals surface area contributed by atoms with Crippen LogP contribution in [0.25, 0.3) is 10.9 Å². The second-order valence-corrected chi connectivity index (χ2v) is 7.10. The Morgan fingerprint density at radius 2 is 2.08 bits per heavy atom. The van der Waals surface area contributed by atoms with Gasteiger partial charge in [0.2, 0.25) is 5.89 Å². The summed E-state index contributed by atoms with van der Waals surface area (Å²) < 4.78 is 12.3. The number of ether oxygens (including phenoxy) is 1. The third kappa shape index (κ3) is 4.50. The van der Waals surface area contributed by atoms with E-state index in [0.717, 1.165) is 6.42 Å². The summed E-state index contributed by atoms with van der Waals surface area (Å²) in [6.45, 7) is 6.90. The molecule has 0 aliphatic heterocycles. The van der Waals surface area contributed by atoms with E-state index < -0.39 is 0 Å². The van der Waals surface area contributed by atoms with Crippen LogP contribution >= 0.6 is 11.8 Å². The molecule has 0 N–H and O–H groups in total. The molecule has 1 aromatic carbocycles. The zero-order valence-corrected chi connectivity index (χ0v) is 16.0. The highest BCUT2D eigenvalue weighted by atomic mass is 32.2. The van der Waals surface area contributed by atoms with Crippen molar-refractivity contribution in [2.24, 2.45) is 0 Å². The van der Waals surface area contributed by atoms with Gasteiger partial charge in [0, 0.05) is 20.1 Å². The van der Waals surface area contributed by atoms with Crippen LogP contribution in [-0.4, -0.2) is 32.4 Å². The maximum atomic E-state index is 12.9. The number of benzene rings is 1. The third-order valence-electron chi connectivity index (χ3n) is 3.70. The van der Waals surface area contributed by atoms with E-state index in [9.17, 15) is 4.79 Å². The van der Waals surface area contributed by atoms with Crippen LogP contribution in [0.3, 0.4) is 0 Å². The van der Waals surface area contributed by atoms with Crippen molar-refractivity contribution in [1.82, 2.24) is 19.7 Å². The summed E-state index contributed by atoms with van der Waals surface area (Å²) in [7, 11) is 0. The lowest BCUT2D eigenvalue weighted by atomic mass is 10.2. The van der Waals surface area contributed by atoms with Crippen molar-refractivity contribution in [1.29, 1.82) is 0 Å². The molecular weight excluding hydrogens is 352 g/mol. The molecule has 7 nitrogen and oxygen atoms in total. The molecule has 0 saturated carbocycles. The van der Waals surface area contributed by atoms with Crippen molar-refractivity contribution in [3.63, 3.8) is 0 Å². The fourth-order valence-electron chi connectivity index (χ4n) is 2.53. The first-order valence-electron chi connectivity index (χ1n) is 8.58. The van der Waals surface area contributed by atoms with Gasteiger partial charge in [0.05, 0.1) is 22.8 Å². The zero-order chi connectivity index (χ0) is 18.5. The van der Waals surface area contributed by atoms with Crippen LogP contribution in [0.15, 0.2) is 38.7 Å². The highest BCUT2D eigenvalue weighted by molar-refractivity contribution is 7.98. The fraction of sp³-hybridized carbons (Fsp3) is 0.444. The summed E-state index contributed by atoms with van der Waals surface area (Å²) in [5.74, 6) is 1.60. The van der Waals surface area contributed by atoms with Crippen molar-refractivity contribution in [3.05, 3.63) is 46.3 Å². The number of thioether (sulfide) groups is 1. The Morgan fingerprint density at radius 3 is 2.81 bits per heavy atom. The molecule has 0 unspecified atom stereocenters. The number of fused-ring (bicyclic) bond motifs is 1. The van der Waals surface area contributed by atoms with Gasteiger partial charge in [-0.1, -0.05) is 29.1 Å². The molecule has 8 heteroatoms. The molecule has 0 radical (unpaired) electrons. The summed E-state index contributed by atoms with van der Waals surface area (Å²) in [5.41, 5.74) is 0.658. The van der Waals surface area contributed by atoms with Gasteiger partial charge in [-0.3, -0.25) is 9.36 Å². The van der Waals surface area contributed by atoms with Gasteiger partial charge in [-0.25, -0.2) is 4.98 Å². The van der Waals surface area contributed by atoms with Gasteiger partial charge < -0.3 is 9.26 Å². The molecule has 0 spiro atoms. The van der Waals surface area contributed by atoms with E-state index in [1.54, 1.807) is 11.5 Å². The second-order valence-electron chi connectivity index (χ2n) is 6.16. The van der Waals surface area contributed by atoms with Crippen molar-refractivity contribution in [2.75, 3.05) is 6.61 Å². The second kappa shape index (κ2) is 8.46. The molecule has 3 aromatic rings. The Balaban J connectivity index is 1.85. The van der Waals surface area contributed by atoms with Crippen LogP contribution in [0.4, 0.5) is 0 Å². The Morgan fingerprint density at radius 1 is 1.27 bits per heavy atom. The van der Waals surface area contributed by atoms with Gasteiger partial charge in [-0.15, -0.1) is 0 Å². The SMILES string of the molecule is Cc1nc(CSc2nc3ccccc3c(=O)n2CCCOC(C)C)no1. The maximum Gasteiger partial charge on any atom is 0.262 e. The molecule has 2 heterocycles. The summed E-state index contributed by atoms with van der Waals surface area (Å²) >= 11 is 1.43. The monoisotopic (exact) mass is 374 g/mol. The summed E-state index contributed by atoms with van der Waals surface area (Å²) in [6, 6.07) is 7.40. The minimum atomic E-state index is -0.0352. The summed E-state index contributed by atoms with van der Waals surface area (Å²) in [6.07, 6.45) is 0.921. The molecule has 0 aliphatic carbocycles. The lowest BCUT2D eigenvalue weighted by Gasteiger charge is -2.13. The molecule has 0 fully saturated rings. The predicted molar refractivity (Wildman–Crippen MR) is 100 cm³/mol. The molecule has 0 aliphatic rings. The molecule has 0 atom stereocenters. The molecular formula is C18H22N4O3S. The third-order valence-corrected chi connectivity index (χ3v) is 4.68. The van der Waals surface area contributed by atoms with Crippen molar-refractivity contribution in [3.8, 4) is 0 Å². The first-order chi connectivity index (χ1) is 12.5. The fourth-order valence-corrected chi connectivity index (χ4v) is 3.39.